The Balaban J connectivity index is 2.04. The Hall–Kier alpha value is -1.24. The molecule has 18 heavy (non-hydrogen) atoms. The highest BCUT2D eigenvalue weighted by Gasteiger charge is 2.30. The van der Waals surface area contributed by atoms with Gasteiger partial charge in [-0.25, -0.2) is 0 Å². The summed E-state index contributed by atoms with van der Waals surface area (Å²) >= 11 is 11.5. The molecular formula is C12H7NO2S3. The van der Waals surface area contributed by atoms with Crippen molar-refractivity contribution in [3.8, 4) is 5.75 Å². The molecule has 2 aliphatic heterocycles. The van der Waals surface area contributed by atoms with Crippen LogP contribution in [0.5, 0.6) is 5.75 Å². The van der Waals surface area contributed by atoms with Gasteiger partial charge in [-0.1, -0.05) is 54.4 Å². The summed E-state index contributed by atoms with van der Waals surface area (Å²) in [6, 6.07) is 7.56. The second kappa shape index (κ2) is 4.46. The van der Waals surface area contributed by atoms with Gasteiger partial charge in [0.2, 0.25) is 0 Å². The maximum Gasteiger partial charge on any atom is 0.267 e. The fraction of sp³-hybridized carbons (Fsp3) is 0.0833. The molecule has 6 heteroatoms. The van der Waals surface area contributed by atoms with Gasteiger partial charge in [0, 0.05) is 16.8 Å². The summed E-state index contributed by atoms with van der Waals surface area (Å²) in [6.07, 6.45) is 0.463. The van der Waals surface area contributed by atoms with Crippen molar-refractivity contribution < 1.29 is 9.53 Å². The number of thioether (sulfide) groups is 1. The molecule has 3 nitrogen and oxygen atoms in total. The van der Waals surface area contributed by atoms with E-state index in [2.05, 4.69) is 5.32 Å². The number of benzene rings is 1. The Morgan fingerprint density at radius 3 is 2.78 bits per heavy atom. The van der Waals surface area contributed by atoms with Crippen LogP contribution >= 0.6 is 36.2 Å². The number of rotatable bonds is 0. The van der Waals surface area contributed by atoms with Gasteiger partial charge in [-0.3, -0.25) is 4.79 Å². The molecule has 0 atom stereocenters. The van der Waals surface area contributed by atoms with Crippen LogP contribution in [0, 0.1) is 0 Å². The van der Waals surface area contributed by atoms with Gasteiger partial charge in [-0.15, -0.1) is 0 Å². The lowest BCUT2D eigenvalue weighted by Gasteiger charge is -2.20. The largest absolute Gasteiger partial charge is 0.459 e. The predicted octanol–water partition coefficient (Wildman–Crippen LogP) is 2.55. The van der Waals surface area contributed by atoms with E-state index in [0.717, 1.165) is 10.4 Å². The Kier molecular flexibility index (Phi) is 2.93. The molecule has 90 valence electrons. The van der Waals surface area contributed by atoms with Crippen molar-refractivity contribution in [2.45, 2.75) is 6.42 Å². The first-order valence-electron chi connectivity index (χ1n) is 5.21. The summed E-state index contributed by atoms with van der Waals surface area (Å²) in [7, 11) is 0. The highest BCUT2D eigenvalue weighted by molar-refractivity contribution is 8.26. The van der Waals surface area contributed by atoms with Crippen LogP contribution in [0.1, 0.15) is 12.0 Å². The second-order valence-corrected chi connectivity index (χ2v) is 5.97. The van der Waals surface area contributed by atoms with Crippen molar-refractivity contribution in [1.29, 1.82) is 0 Å². The van der Waals surface area contributed by atoms with Gasteiger partial charge in [-0.05, 0) is 6.07 Å². The van der Waals surface area contributed by atoms with Gasteiger partial charge in [0.25, 0.3) is 5.91 Å². The minimum absolute atomic E-state index is 0.206. The molecular weight excluding hydrogens is 286 g/mol. The Morgan fingerprint density at radius 1 is 1.28 bits per heavy atom. The number of carbonyl (C=O) groups is 1. The molecule has 2 aliphatic rings. The van der Waals surface area contributed by atoms with E-state index in [1.807, 2.05) is 24.3 Å². The smallest absolute Gasteiger partial charge is 0.267 e. The minimum atomic E-state index is -0.206. The zero-order valence-corrected chi connectivity index (χ0v) is 11.5. The average Bonchev–Trinajstić information content (AvgIpc) is 2.68. The summed E-state index contributed by atoms with van der Waals surface area (Å²) in [5.74, 6) is 1.07. The Morgan fingerprint density at radius 2 is 2.06 bits per heavy atom. The molecule has 0 saturated carbocycles. The molecule has 1 aromatic rings. The molecule has 3 rings (SSSR count). The second-order valence-electron chi connectivity index (χ2n) is 3.79. The summed E-state index contributed by atoms with van der Waals surface area (Å²) in [4.78, 5) is 13.0. The third kappa shape index (κ3) is 1.96. The van der Waals surface area contributed by atoms with Gasteiger partial charge < -0.3 is 10.1 Å². The van der Waals surface area contributed by atoms with E-state index < -0.39 is 0 Å². The number of hydrogen-bond acceptors (Lipinski definition) is 5. The zero-order chi connectivity index (χ0) is 12.7. The van der Waals surface area contributed by atoms with Crippen LogP contribution in [0.25, 0.3) is 0 Å². The molecule has 1 amide bonds. The van der Waals surface area contributed by atoms with Crippen LogP contribution in [0.4, 0.5) is 0 Å². The first-order valence-corrected chi connectivity index (χ1v) is 6.85. The molecule has 0 radical (unpaired) electrons. The summed E-state index contributed by atoms with van der Waals surface area (Å²) in [5, 5.41) is 2.58. The molecule has 0 bridgehead atoms. The van der Waals surface area contributed by atoms with Gasteiger partial charge in [0.1, 0.15) is 20.7 Å². The number of hydrogen-bond donors (Lipinski definition) is 1. The SMILES string of the molecule is O=C1NC(=S)SC1=C1CC(=S)c2ccccc2O1. The molecule has 0 spiro atoms. The summed E-state index contributed by atoms with van der Waals surface area (Å²) in [5.41, 5.74) is 0.919. The molecule has 0 unspecified atom stereocenters. The van der Waals surface area contributed by atoms with Crippen LogP contribution in [0.2, 0.25) is 0 Å². The molecule has 0 aromatic heterocycles. The van der Waals surface area contributed by atoms with Crippen molar-refractivity contribution in [2.75, 3.05) is 0 Å². The fourth-order valence-electron chi connectivity index (χ4n) is 1.82. The molecule has 1 fully saturated rings. The lowest BCUT2D eigenvalue weighted by atomic mass is 10.0. The topological polar surface area (TPSA) is 38.3 Å². The molecule has 2 heterocycles. The van der Waals surface area contributed by atoms with E-state index in [1.165, 1.54) is 11.8 Å². The minimum Gasteiger partial charge on any atom is -0.459 e. The maximum atomic E-state index is 11.7. The van der Waals surface area contributed by atoms with Crippen LogP contribution in [-0.4, -0.2) is 15.1 Å². The van der Waals surface area contributed by atoms with E-state index in [0.29, 0.717) is 27.2 Å². The van der Waals surface area contributed by atoms with Gasteiger partial charge in [-0.2, -0.15) is 0 Å². The van der Waals surface area contributed by atoms with E-state index >= 15 is 0 Å². The fourth-order valence-corrected chi connectivity index (χ4v) is 3.16. The van der Waals surface area contributed by atoms with Crippen molar-refractivity contribution in [1.82, 2.24) is 5.32 Å². The lowest BCUT2D eigenvalue weighted by molar-refractivity contribution is -0.115. The highest BCUT2D eigenvalue weighted by Crippen LogP contribution is 2.35. The van der Waals surface area contributed by atoms with Gasteiger partial charge in [0.15, 0.2) is 0 Å². The van der Waals surface area contributed by atoms with Crippen molar-refractivity contribution >= 4 is 51.3 Å². The number of nitrogens with one attached hydrogen (secondary N) is 1. The normalized spacial score (nSPS) is 22.6. The first kappa shape index (κ1) is 11.8. The number of carbonyl (C=O) groups excluding carboxylic acids is 1. The maximum absolute atomic E-state index is 11.7. The molecule has 0 aliphatic carbocycles. The van der Waals surface area contributed by atoms with Gasteiger partial charge in [0.05, 0.1) is 0 Å². The highest BCUT2D eigenvalue weighted by atomic mass is 32.2. The Labute approximate surface area is 119 Å². The first-order chi connectivity index (χ1) is 8.65. The van der Waals surface area contributed by atoms with E-state index in [-0.39, 0.29) is 5.91 Å². The number of allylic oxidation sites excluding steroid dienone is 1. The van der Waals surface area contributed by atoms with Crippen molar-refractivity contribution in [3.63, 3.8) is 0 Å². The lowest BCUT2D eigenvalue weighted by Crippen LogP contribution is -2.21. The number of ether oxygens (including phenoxy) is 1. The molecule has 1 aromatic carbocycles. The third-order valence-corrected chi connectivity index (χ3v) is 4.23. The monoisotopic (exact) mass is 293 g/mol. The standard InChI is InChI=1S/C12H7NO2S3/c14-11-10(18-12(17)13-11)8-5-9(16)6-3-1-2-4-7(6)15-8/h1-4H,5H2,(H,13,14,17). The quantitative estimate of drug-likeness (QED) is 0.588. The number of thiocarbonyl (C=S) groups is 2. The predicted molar refractivity (Wildman–Crippen MR) is 78.7 cm³/mol. The molecule has 1 N–H and O–H groups in total. The summed E-state index contributed by atoms with van der Waals surface area (Å²) < 4.78 is 6.21. The van der Waals surface area contributed by atoms with E-state index in [4.69, 9.17) is 29.2 Å². The van der Waals surface area contributed by atoms with Crippen LogP contribution in [0.3, 0.4) is 0 Å². The number of para-hydroxylation sites is 1. The third-order valence-electron chi connectivity index (χ3n) is 2.61. The van der Waals surface area contributed by atoms with E-state index in [9.17, 15) is 4.79 Å². The summed E-state index contributed by atoms with van der Waals surface area (Å²) in [6.45, 7) is 0. The van der Waals surface area contributed by atoms with Gasteiger partial charge >= 0.3 is 0 Å². The van der Waals surface area contributed by atoms with Crippen molar-refractivity contribution in [3.05, 3.63) is 40.5 Å². The van der Waals surface area contributed by atoms with Crippen LogP contribution in [-0.2, 0) is 4.79 Å². The van der Waals surface area contributed by atoms with Crippen LogP contribution < -0.4 is 10.1 Å². The zero-order valence-electron chi connectivity index (χ0n) is 9.06. The molecule has 1 saturated heterocycles. The van der Waals surface area contributed by atoms with E-state index in [1.54, 1.807) is 0 Å². The average molecular weight is 293 g/mol. The van der Waals surface area contributed by atoms with Crippen LogP contribution in [0.15, 0.2) is 34.9 Å². The number of fused-ring (bicyclic) bond motifs is 1. The number of amides is 1. The Bertz CT molecular complexity index is 622. The van der Waals surface area contributed by atoms with Crippen molar-refractivity contribution in [2.24, 2.45) is 0 Å².